The van der Waals surface area contributed by atoms with E-state index in [1.165, 1.54) is 6.33 Å². The van der Waals surface area contributed by atoms with Crippen molar-refractivity contribution in [1.29, 1.82) is 0 Å². The number of carbonyl (C=O) groups excluding carboxylic acids is 1. The predicted molar refractivity (Wildman–Crippen MR) is 85.8 cm³/mol. The number of hydrogen-bond donors (Lipinski definition) is 2. The Morgan fingerprint density at radius 3 is 2.68 bits per heavy atom. The van der Waals surface area contributed by atoms with E-state index in [2.05, 4.69) is 10.1 Å². The third-order valence-corrected chi connectivity index (χ3v) is 3.60. The van der Waals surface area contributed by atoms with Crippen molar-refractivity contribution in [1.82, 2.24) is 14.6 Å². The van der Waals surface area contributed by atoms with Crippen LogP contribution in [0, 0.1) is 0 Å². The molecule has 3 aromatic rings. The van der Waals surface area contributed by atoms with Crippen LogP contribution in [-0.4, -0.2) is 20.4 Å². The Bertz CT molecular complexity index is 866. The van der Waals surface area contributed by atoms with Gasteiger partial charge in [0.25, 0.3) is 0 Å². The third kappa shape index (κ3) is 2.18. The number of benzene rings is 1. The predicted octanol–water partition coefficient (Wildman–Crippen LogP) is 2.25. The number of anilines is 2. The molecule has 6 nitrogen and oxygen atoms in total. The Morgan fingerprint density at radius 2 is 2.00 bits per heavy atom. The highest BCUT2D eigenvalue weighted by atomic mass is 16.1. The summed E-state index contributed by atoms with van der Waals surface area (Å²) < 4.78 is 1.69. The van der Waals surface area contributed by atoms with Crippen LogP contribution in [0.5, 0.6) is 0 Å². The summed E-state index contributed by atoms with van der Waals surface area (Å²) in [6.45, 7) is 4.07. The number of aromatic nitrogens is 3. The summed E-state index contributed by atoms with van der Waals surface area (Å²) in [5.41, 5.74) is 14.7. The van der Waals surface area contributed by atoms with E-state index in [9.17, 15) is 4.79 Å². The van der Waals surface area contributed by atoms with Crippen molar-refractivity contribution in [3.63, 3.8) is 0 Å². The first-order valence-electron chi connectivity index (χ1n) is 7.01. The molecule has 0 saturated carbocycles. The summed E-state index contributed by atoms with van der Waals surface area (Å²) in [5.74, 6) is 0.344. The molecule has 0 spiro atoms. The standard InChI is InChI=1S/C16H17N5O/c1-9(2)13-7-12(14-16(18)19-8-20-21(13)14)15(22)10-4-3-5-11(17)6-10/h3-9H,17H2,1-2H3,(H2,18,19,20). The van der Waals surface area contributed by atoms with Crippen LogP contribution < -0.4 is 11.5 Å². The number of nitrogens with zero attached hydrogens (tertiary/aromatic N) is 3. The van der Waals surface area contributed by atoms with Gasteiger partial charge in [-0.2, -0.15) is 5.10 Å². The lowest BCUT2D eigenvalue weighted by atomic mass is 10.0. The van der Waals surface area contributed by atoms with E-state index in [-0.39, 0.29) is 17.5 Å². The van der Waals surface area contributed by atoms with Gasteiger partial charge in [0.2, 0.25) is 0 Å². The molecule has 0 unspecified atom stereocenters. The minimum atomic E-state index is -0.141. The molecule has 22 heavy (non-hydrogen) atoms. The molecule has 4 N–H and O–H groups in total. The van der Waals surface area contributed by atoms with Gasteiger partial charge in [0, 0.05) is 16.9 Å². The molecule has 0 atom stereocenters. The van der Waals surface area contributed by atoms with Gasteiger partial charge in [0.1, 0.15) is 11.8 Å². The molecule has 112 valence electrons. The minimum Gasteiger partial charge on any atom is -0.399 e. The van der Waals surface area contributed by atoms with Gasteiger partial charge in [-0.25, -0.2) is 9.50 Å². The van der Waals surface area contributed by atoms with E-state index >= 15 is 0 Å². The van der Waals surface area contributed by atoms with Crippen LogP contribution in [0.4, 0.5) is 11.5 Å². The largest absolute Gasteiger partial charge is 0.399 e. The average Bonchev–Trinajstić information content (AvgIpc) is 2.87. The zero-order chi connectivity index (χ0) is 15.9. The van der Waals surface area contributed by atoms with E-state index in [0.29, 0.717) is 22.3 Å². The van der Waals surface area contributed by atoms with Crippen molar-refractivity contribution in [2.45, 2.75) is 19.8 Å². The molecule has 0 aliphatic rings. The molecule has 0 saturated heterocycles. The molecule has 2 heterocycles. The number of fused-ring (bicyclic) bond motifs is 1. The zero-order valence-corrected chi connectivity index (χ0v) is 12.4. The molecule has 0 bridgehead atoms. The second-order valence-corrected chi connectivity index (χ2v) is 5.50. The quantitative estimate of drug-likeness (QED) is 0.570. The van der Waals surface area contributed by atoms with E-state index < -0.39 is 0 Å². The summed E-state index contributed by atoms with van der Waals surface area (Å²) in [6.07, 6.45) is 1.39. The number of ketones is 1. The summed E-state index contributed by atoms with van der Waals surface area (Å²) in [6, 6.07) is 8.71. The number of nitrogens with two attached hydrogens (primary N) is 2. The molecule has 0 aliphatic carbocycles. The highest BCUT2D eigenvalue weighted by Gasteiger charge is 2.21. The second-order valence-electron chi connectivity index (χ2n) is 5.50. The van der Waals surface area contributed by atoms with Gasteiger partial charge in [-0.15, -0.1) is 0 Å². The molecule has 2 aromatic heterocycles. The Hall–Kier alpha value is -2.89. The zero-order valence-electron chi connectivity index (χ0n) is 12.4. The van der Waals surface area contributed by atoms with Crippen LogP contribution in [-0.2, 0) is 0 Å². The topological polar surface area (TPSA) is 99.3 Å². The minimum absolute atomic E-state index is 0.141. The van der Waals surface area contributed by atoms with Gasteiger partial charge in [-0.1, -0.05) is 26.0 Å². The lowest BCUT2D eigenvalue weighted by Crippen LogP contribution is -2.06. The number of carbonyl (C=O) groups is 1. The molecular formula is C16H17N5O. The van der Waals surface area contributed by atoms with Crippen LogP contribution in [0.3, 0.4) is 0 Å². The first-order valence-corrected chi connectivity index (χ1v) is 7.01. The molecule has 3 rings (SSSR count). The van der Waals surface area contributed by atoms with E-state index in [1.54, 1.807) is 28.8 Å². The molecular weight excluding hydrogens is 278 g/mol. The van der Waals surface area contributed by atoms with Gasteiger partial charge >= 0.3 is 0 Å². The van der Waals surface area contributed by atoms with Gasteiger partial charge < -0.3 is 11.5 Å². The molecule has 1 aromatic carbocycles. The Morgan fingerprint density at radius 1 is 1.23 bits per heavy atom. The van der Waals surface area contributed by atoms with Crippen LogP contribution in [0.2, 0.25) is 0 Å². The SMILES string of the molecule is CC(C)c1cc(C(=O)c2cccc(N)c2)c2c(N)ncnn12. The summed E-state index contributed by atoms with van der Waals surface area (Å²) >= 11 is 0. The summed E-state index contributed by atoms with van der Waals surface area (Å²) in [5, 5.41) is 4.23. The summed E-state index contributed by atoms with van der Waals surface area (Å²) in [7, 11) is 0. The smallest absolute Gasteiger partial charge is 0.195 e. The fourth-order valence-corrected chi connectivity index (χ4v) is 2.51. The fourth-order valence-electron chi connectivity index (χ4n) is 2.51. The Kier molecular flexibility index (Phi) is 3.29. The van der Waals surface area contributed by atoms with Crippen LogP contribution in [0.1, 0.15) is 41.4 Å². The molecule has 0 aliphatic heterocycles. The average molecular weight is 295 g/mol. The van der Waals surface area contributed by atoms with Crippen LogP contribution in [0.25, 0.3) is 5.52 Å². The monoisotopic (exact) mass is 295 g/mol. The molecule has 0 amide bonds. The Labute approximate surface area is 127 Å². The van der Waals surface area contributed by atoms with Crippen molar-refractivity contribution in [2.24, 2.45) is 0 Å². The molecule has 0 radical (unpaired) electrons. The number of rotatable bonds is 3. The highest BCUT2D eigenvalue weighted by Crippen LogP contribution is 2.27. The maximum atomic E-state index is 12.8. The maximum absolute atomic E-state index is 12.8. The number of hydrogen-bond acceptors (Lipinski definition) is 5. The Balaban J connectivity index is 2.25. The van der Waals surface area contributed by atoms with Crippen molar-refractivity contribution in [3.05, 3.63) is 53.5 Å². The van der Waals surface area contributed by atoms with Crippen LogP contribution in [0.15, 0.2) is 36.7 Å². The first-order chi connectivity index (χ1) is 10.5. The van der Waals surface area contributed by atoms with Gasteiger partial charge in [0.15, 0.2) is 11.6 Å². The first kappa shape index (κ1) is 14.1. The third-order valence-electron chi connectivity index (χ3n) is 3.60. The van der Waals surface area contributed by atoms with Crippen LogP contribution >= 0.6 is 0 Å². The van der Waals surface area contributed by atoms with Gasteiger partial charge in [-0.3, -0.25) is 4.79 Å². The molecule has 0 fully saturated rings. The second kappa shape index (κ2) is 5.14. The van der Waals surface area contributed by atoms with Crippen molar-refractivity contribution in [2.75, 3.05) is 11.5 Å². The summed E-state index contributed by atoms with van der Waals surface area (Å²) in [4.78, 5) is 16.8. The lowest BCUT2D eigenvalue weighted by Gasteiger charge is -2.05. The van der Waals surface area contributed by atoms with Crippen molar-refractivity contribution >= 4 is 22.8 Å². The van der Waals surface area contributed by atoms with Gasteiger partial charge in [0.05, 0.1) is 5.56 Å². The van der Waals surface area contributed by atoms with E-state index in [0.717, 1.165) is 5.69 Å². The normalized spacial score (nSPS) is 11.2. The number of nitrogen functional groups attached to an aromatic ring is 2. The molecule has 6 heteroatoms. The fraction of sp³-hybridized carbons (Fsp3) is 0.188. The van der Waals surface area contributed by atoms with E-state index in [1.807, 2.05) is 19.9 Å². The van der Waals surface area contributed by atoms with Gasteiger partial charge in [-0.05, 0) is 24.1 Å². The van der Waals surface area contributed by atoms with E-state index in [4.69, 9.17) is 11.5 Å². The highest BCUT2D eigenvalue weighted by molar-refractivity contribution is 6.15. The van der Waals surface area contributed by atoms with Crippen molar-refractivity contribution in [3.8, 4) is 0 Å². The lowest BCUT2D eigenvalue weighted by molar-refractivity contribution is 0.104. The maximum Gasteiger partial charge on any atom is 0.195 e. The van der Waals surface area contributed by atoms with Crippen molar-refractivity contribution < 1.29 is 4.79 Å².